The van der Waals surface area contributed by atoms with Gasteiger partial charge in [-0.25, -0.2) is 4.98 Å². The van der Waals surface area contributed by atoms with Gasteiger partial charge in [0.15, 0.2) is 0 Å². The molecule has 0 aromatic carbocycles. The summed E-state index contributed by atoms with van der Waals surface area (Å²) in [5, 5.41) is 12.6. The quantitative estimate of drug-likeness (QED) is 0.798. The number of hydrogen-bond acceptors (Lipinski definition) is 3. The van der Waals surface area contributed by atoms with Gasteiger partial charge in [0.2, 0.25) is 0 Å². The number of anilines is 1. The molecule has 1 unspecified atom stereocenters. The first-order valence-corrected chi connectivity index (χ1v) is 5.56. The fourth-order valence-electron chi connectivity index (χ4n) is 1.16. The molecule has 0 bridgehead atoms. The number of pyridine rings is 1. The molecule has 0 aliphatic rings. The summed E-state index contributed by atoms with van der Waals surface area (Å²) in [7, 11) is 0. The van der Waals surface area contributed by atoms with Crippen molar-refractivity contribution in [3.05, 3.63) is 22.8 Å². The summed E-state index contributed by atoms with van der Waals surface area (Å²) in [6.07, 6.45) is 1.52. The van der Waals surface area contributed by atoms with E-state index in [4.69, 9.17) is 0 Å². The maximum absolute atomic E-state index is 9.48. The van der Waals surface area contributed by atoms with Crippen LogP contribution in [0.3, 0.4) is 0 Å². The molecule has 78 valence electrons. The van der Waals surface area contributed by atoms with Gasteiger partial charge in [-0.15, -0.1) is 0 Å². The molecule has 0 spiro atoms. The number of aliphatic hydroxyl groups excluding tert-OH is 1. The van der Waals surface area contributed by atoms with Crippen molar-refractivity contribution in [2.75, 3.05) is 11.9 Å². The lowest BCUT2D eigenvalue weighted by molar-refractivity contribution is 0.176. The first-order chi connectivity index (χ1) is 6.72. The number of rotatable bonds is 5. The van der Waals surface area contributed by atoms with Crippen LogP contribution in [0.15, 0.2) is 22.8 Å². The van der Waals surface area contributed by atoms with Gasteiger partial charge < -0.3 is 10.4 Å². The third-order valence-electron chi connectivity index (χ3n) is 1.86. The third-order valence-corrected chi connectivity index (χ3v) is 2.30. The molecule has 14 heavy (non-hydrogen) atoms. The van der Waals surface area contributed by atoms with E-state index in [1.54, 1.807) is 0 Å². The Morgan fingerprint density at radius 3 is 3.00 bits per heavy atom. The van der Waals surface area contributed by atoms with Crippen LogP contribution in [0.25, 0.3) is 0 Å². The fourth-order valence-corrected chi connectivity index (χ4v) is 1.51. The number of halogens is 1. The average molecular weight is 259 g/mol. The number of hydrogen-bond donors (Lipinski definition) is 2. The van der Waals surface area contributed by atoms with Gasteiger partial charge in [-0.3, -0.25) is 0 Å². The van der Waals surface area contributed by atoms with Crippen LogP contribution in [0, 0.1) is 0 Å². The molecule has 1 heterocycles. The van der Waals surface area contributed by atoms with Crippen molar-refractivity contribution in [2.24, 2.45) is 0 Å². The van der Waals surface area contributed by atoms with E-state index in [9.17, 15) is 5.11 Å². The van der Waals surface area contributed by atoms with Crippen molar-refractivity contribution < 1.29 is 5.11 Å². The molecule has 3 nitrogen and oxygen atoms in total. The molecule has 0 radical (unpaired) electrons. The molecular formula is C10H15BrN2O. The van der Waals surface area contributed by atoms with Gasteiger partial charge in [0, 0.05) is 6.54 Å². The highest BCUT2D eigenvalue weighted by Crippen LogP contribution is 2.10. The van der Waals surface area contributed by atoms with Gasteiger partial charge in [-0.2, -0.15) is 0 Å². The summed E-state index contributed by atoms with van der Waals surface area (Å²) < 4.78 is 0.799. The zero-order chi connectivity index (χ0) is 10.4. The molecule has 0 amide bonds. The molecule has 0 aliphatic heterocycles. The Morgan fingerprint density at radius 2 is 2.36 bits per heavy atom. The zero-order valence-electron chi connectivity index (χ0n) is 8.20. The normalized spacial score (nSPS) is 12.5. The van der Waals surface area contributed by atoms with Crippen molar-refractivity contribution >= 4 is 21.7 Å². The van der Waals surface area contributed by atoms with Crippen LogP contribution >= 0.6 is 15.9 Å². The molecule has 0 aliphatic carbocycles. The van der Waals surface area contributed by atoms with E-state index in [2.05, 4.69) is 33.2 Å². The lowest BCUT2D eigenvalue weighted by Crippen LogP contribution is -2.19. The second-order valence-electron chi connectivity index (χ2n) is 3.17. The lowest BCUT2D eigenvalue weighted by atomic mass is 10.2. The van der Waals surface area contributed by atoms with Crippen molar-refractivity contribution in [1.29, 1.82) is 0 Å². The van der Waals surface area contributed by atoms with E-state index < -0.39 is 0 Å². The molecule has 0 fully saturated rings. The monoisotopic (exact) mass is 258 g/mol. The van der Waals surface area contributed by atoms with E-state index >= 15 is 0 Å². The van der Waals surface area contributed by atoms with Crippen molar-refractivity contribution in [3.8, 4) is 0 Å². The smallest absolute Gasteiger partial charge is 0.127 e. The molecule has 1 aromatic heterocycles. The van der Waals surface area contributed by atoms with Gasteiger partial charge in [-0.1, -0.05) is 19.4 Å². The largest absolute Gasteiger partial charge is 0.391 e. The van der Waals surface area contributed by atoms with Gasteiger partial charge in [0.25, 0.3) is 0 Å². The minimum atomic E-state index is -0.291. The summed E-state index contributed by atoms with van der Waals surface area (Å²) >= 11 is 3.29. The molecule has 0 saturated carbocycles. The maximum atomic E-state index is 9.48. The molecule has 2 N–H and O–H groups in total. The second-order valence-corrected chi connectivity index (χ2v) is 3.98. The summed E-state index contributed by atoms with van der Waals surface area (Å²) in [5.41, 5.74) is 0. The maximum Gasteiger partial charge on any atom is 0.127 e. The zero-order valence-corrected chi connectivity index (χ0v) is 9.79. The van der Waals surface area contributed by atoms with Crippen LogP contribution in [0.4, 0.5) is 5.82 Å². The first kappa shape index (κ1) is 11.5. The lowest BCUT2D eigenvalue weighted by Gasteiger charge is -2.10. The molecule has 0 saturated heterocycles. The predicted molar refractivity (Wildman–Crippen MR) is 61.3 cm³/mol. The van der Waals surface area contributed by atoms with E-state index in [0.717, 1.165) is 23.3 Å². The summed E-state index contributed by atoms with van der Waals surface area (Å²) in [4.78, 5) is 4.20. The molecule has 1 aromatic rings. The number of aliphatic hydroxyl groups is 1. The van der Waals surface area contributed by atoms with Crippen LogP contribution < -0.4 is 5.32 Å². The highest BCUT2D eigenvalue weighted by Gasteiger charge is 2.02. The molecule has 1 atom stereocenters. The van der Waals surface area contributed by atoms with Crippen LogP contribution in [0.1, 0.15) is 19.8 Å². The predicted octanol–water partition coefficient (Wildman–Crippen LogP) is 2.42. The standard InChI is InChI=1S/C10H15BrN2O/c1-2-4-8(14)7-12-10-6-3-5-9(11)13-10/h3,5-6,8,14H,2,4,7H2,1H3,(H,12,13). The SMILES string of the molecule is CCCC(O)CNc1cccc(Br)n1. The van der Waals surface area contributed by atoms with Gasteiger partial charge >= 0.3 is 0 Å². The number of aromatic nitrogens is 1. The topological polar surface area (TPSA) is 45.1 Å². The number of nitrogens with one attached hydrogen (secondary N) is 1. The van der Waals surface area contributed by atoms with E-state index in [-0.39, 0.29) is 6.10 Å². The third kappa shape index (κ3) is 4.07. The Labute approximate surface area is 92.7 Å². The van der Waals surface area contributed by atoms with Gasteiger partial charge in [0.1, 0.15) is 10.4 Å². The first-order valence-electron chi connectivity index (χ1n) is 4.77. The highest BCUT2D eigenvalue weighted by molar-refractivity contribution is 9.10. The highest BCUT2D eigenvalue weighted by atomic mass is 79.9. The Bertz CT molecular complexity index is 281. The van der Waals surface area contributed by atoms with Crippen LogP contribution in [-0.4, -0.2) is 22.7 Å². The van der Waals surface area contributed by atoms with E-state index in [0.29, 0.717) is 6.54 Å². The molecule has 1 rings (SSSR count). The molecular weight excluding hydrogens is 244 g/mol. The van der Waals surface area contributed by atoms with Crippen molar-refractivity contribution in [2.45, 2.75) is 25.9 Å². The summed E-state index contributed by atoms with van der Waals surface area (Å²) in [6.45, 7) is 2.61. The van der Waals surface area contributed by atoms with Crippen LogP contribution in [-0.2, 0) is 0 Å². The second kappa shape index (κ2) is 5.98. The summed E-state index contributed by atoms with van der Waals surface area (Å²) in [5.74, 6) is 0.787. The average Bonchev–Trinajstić information content (AvgIpc) is 2.15. The minimum Gasteiger partial charge on any atom is -0.391 e. The van der Waals surface area contributed by atoms with Crippen LogP contribution in [0.2, 0.25) is 0 Å². The Morgan fingerprint density at radius 1 is 1.57 bits per heavy atom. The minimum absolute atomic E-state index is 0.291. The van der Waals surface area contributed by atoms with Gasteiger partial charge in [-0.05, 0) is 34.5 Å². The molecule has 4 heteroatoms. The van der Waals surface area contributed by atoms with Crippen molar-refractivity contribution in [3.63, 3.8) is 0 Å². The number of nitrogens with zero attached hydrogens (tertiary/aromatic N) is 1. The Hall–Kier alpha value is -0.610. The fraction of sp³-hybridized carbons (Fsp3) is 0.500. The van der Waals surface area contributed by atoms with Crippen molar-refractivity contribution in [1.82, 2.24) is 4.98 Å². The Balaban J connectivity index is 2.37. The Kier molecular flexibility index (Phi) is 4.90. The van der Waals surface area contributed by atoms with E-state index in [1.807, 2.05) is 18.2 Å². The van der Waals surface area contributed by atoms with Crippen LogP contribution in [0.5, 0.6) is 0 Å². The van der Waals surface area contributed by atoms with E-state index in [1.165, 1.54) is 0 Å². The summed E-state index contributed by atoms with van der Waals surface area (Å²) in [6, 6.07) is 5.66. The van der Waals surface area contributed by atoms with Gasteiger partial charge in [0.05, 0.1) is 6.10 Å².